The normalized spacial score (nSPS) is 13.7. The number of hydrogen-bond acceptors (Lipinski definition) is 1. The van der Waals surface area contributed by atoms with Crippen molar-refractivity contribution in [2.24, 2.45) is 0 Å². The Morgan fingerprint density at radius 1 is 1.25 bits per heavy atom. The minimum Gasteiger partial charge on any atom is -0.497 e. The monoisotopic (exact) mass is 182 g/mol. The van der Waals surface area contributed by atoms with Gasteiger partial charge in [0, 0.05) is 0 Å². The van der Waals surface area contributed by atoms with Crippen LogP contribution in [0.1, 0.15) is 2.74 Å². The second-order valence-electron chi connectivity index (χ2n) is 3.82. The maximum Gasteiger partial charge on any atom is 0.118 e. The minimum absolute atomic E-state index is 0.317. The number of methoxy groups -OCH3 is 1. The Bertz CT molecular complexity index is 321. The minimum atomic E-state index is -1.43. The third kappa shape index (κ3) is 2.11. The summed E-state index contributed by atoms with van der Waals surface area (Å²) in [5.41, 5.74) is 0. The average molecular weight is 182 g/mol. The second-order valence-corrected chi connectivity index (χ2v) is 8.89. The zero-order chi connectivity index (χ0) is 10.9. The molecular weight excluding hydrogens is 164 g/mol. The molecule has 0 unspecified atom stereocenters. The highest BCUT2D eigenvalue weighted by molar-refractivity contribution is 6.88. The average Bonchev–Trinajstić information content (AvgIpc) is 2.01. The van der Waals surface area contributed by atoms with Crippen molar-refractivity contribution >= 4 is 13.3 Å². The molecule has 0 saturated heterocycles. The van der Waals surface area contributed by atoms with Gasteiger partial charge in [-0.2, -0.15) is 0 Å². The highest BCUT2D eigenvalue weighted by Gasteiger charge is 2.15. The Morgan fingerprint density at radius 2 is 1.75 bits per heavy atom. The van der Waals surface area contributed by atoms with E-state index >= 15 is 0 Å². The summed E-state index contributed by atoms with van der Waals surface area (Å²) in [5.74, 6) is 0.368. The maximum absolute atomic E-state index is 7.71. The second kappa shape index (κ2) is 3.31. The van der Waals surface area contributed by atoms with Crippen LogP contribution in [0.5, 0.6) is 5.75 Å². The molecule has 0 N–H and O–H groups in total. The van der Waals surface area contributed by atoms with Crippen LogP contribution >= 0.6 is 0 Å². The Labute approximate surface area is 78.2 Å². The molecule has 0 aliphatic heterocycles. The van der Waals surface area contributed by atoms with Crippen molar-refractivity contribution in [3.05, 3.63) is 24.2 Å². The first-order valence-electron chi connectivity index (χ1n) is 5.02. The van der Waals surface area contributed by atoms with Crippen molar-refractivity contribution in [1.82, 2.24) is 0 Å². The van der Waals surface area contributed by atoms with Crippen molar-refractivity contribution < 1.29 is 7.48 Å². The number of ether oxygens (including phenoxy) is 1. The molecule has 1 aromatic rings. The number of rotatable bonds is 2. The first-order chi connectivity index (χ1) is 6.36. The summed E-state index contributed by atoms with van der Waals surface area (Å²) in [6.07, 6.45) is 0. The fourth-order valence-corrected chi connectivity index (χ4v) is 1.93. The van der Waals surface area contributed by atoms with Crippen LogP contribution in [0.15, 0.2) is 24.2 Å². The summed E-state index contributed by atoms with van der Waals surface area (Å²) in [7, 11) is 0.0723. The Hall–Kier alpha value is -0.763. The van der Waals surface area contributed by atoms with Crippen LogP contribution in [0.2, 0.25) is 19.6 Å². The van der Waals surface area contributed by atoms with E-state index in [2.05, 4.69) is 19.6 Å². The standard InChI is InChI=1S/C10H16OSi/c1-11-9-5-7-10(8-6-9)12(2,3)4/h5-8H,1-4H3/i5D,6D. The molecule has 0 aliphatic carbocycles. The van der Waals surface area contributed by atoms with Crippen molar-refractivity contribution in [2.75, 3.05) is 7.11 Å². The quantitative estimate of drug-likeness (QED) is 0.637. The third-order valence-electron chi connectivity index (χ3n) is 1.79. The molecule has 0 heterocycles. The van der Waals surface area contributed by atoms with Gasteiger partial charge in [-0.15, -0.1) is 0 Å². The number of benzene rings is 1. The molecule has 12 heavy (non-hydrogen) atoms. The molecule has 0 fully saturated rings. The topological polar surface area (TPSA) is 9.23 Å². The van der Waals surface area contributed by atoms with Crippen molar-refractivity contribution in [1.29, 1.82) is 0 Å². The van der Waals surface area contributed by atoms with Gasteiger partial charge in [0.15, 0.2) is 0 Å². The van der Waals surface area contributed by atoms with Gasteiger partial charge in [0.1, 0.15) is 5.75 Å². The van der Waals surface area contributed by atoms with E-state index in [-0.39, 0.29) is 0 Å². The first kappa shape index (κ1) is 6.72. The third-order valence-corrected chi connectivity index (χ3v) is 3.81. The fraction of sp³-hybridized carbons (Fsp3) is 0.400. The van der Waals surface area contributed by atoms with E-state index in [1.54, 1.807) is 0 Å². The number of hydrogen-bond donors (Lipinski definition) is 0. The summed E-state index contributed by atoms with van der Waals surface area (Å²) >= 11 is 0. The van der Waals surface area contributed by atoms with Gasteiger partial charge in [-0.1, -0.05) is 37.0 Å². The maximum atomic E-state index is 7.71. The van der Waals surface area contributed by atoms with Gasteiger partial charge in [0.2, 0.25) is 0 Å². The van der Waals surface area contributed by atoms with E-state index in [0.29, 0.717) is 17.8 Å². The largest absolute Gasteiger partial charge is 0.497 e. The van der Waals surface area contributed by atoms with E-state index in [4.69, 9.17) is 7.48 Å². The summed E-state index contributed by atoms with van der Waals surface area (Å²) in [6, 6.07) is 4.28. The molecule has 0 saturated carbocycles. The molecule has 0 aromatic heterocycles. The molecule has 0 radical (unpaired) electrons. The van der Waals surface area contributed by atoms with Crippen molar-refractivity contribution in [3.63, 3.8) is 0 Å². The lowest BCUT2D eigenvalue weighted by atomic mass is 10.3. The zero-order valence-corrected chi connectivity index (χ0v) is 9.06. The van der Waals surface area contributed by atoms with Crippen LogP contribution in [-0.2, 0) is 0 Å². The van der Waals surface area contributed by atoms with Gasteiger partial charge in [-0.25, -0.2) is 0 Å². The molecule has 0 aliphatic rings. The van der Waals surface area contributed by atoms with Gasteiger partial charge < -0.3 is 4.74 Å². The highest BCUT2D eigenvalue weighted by atomic mass is 28.3. The molecule has 66 valence electrons. The Balaban J connectivity index is 3.28. The molecule has 2 heteroatoms. The first-order valence-corrected chi connectivity index (χ1v) is 7.52. The molecule has 0 amide bonds. The molecule has 0 bridgehead atoms. The lowest BCUT2D eigenvalue weighted by Crippen LogP contribution is -2.37. The van der Waals surface area contributed by atoms with Crippen molar-refractivity contribution in [3.8, 4) is 5.75 Å². The van der Waals surface area contributed by atoms with Crippen LogP contribution in [-0.4, -0.2) is 15.2 Å². The van der Waals surface area contributed by atoms with Crippen LogP contribution in [0.25, 0.3) is 0 Å². The Morgan fingerprint density at radius 3 is 2.08 bits per heavy atom. The predicted molar refractivity (Wildman–Crippen MR) is 56.0 cm³/mol. The summed E-state index contributed by atoms with van der Waals surface area (Å²) in [5, 5.41) is 1.13. The van der Waals surface area contributed by atoms with Gasteiger partial charge in [0.05, 0.1) is 17.9 Å². The predicted octanol–water partition coefficient (Wildman–Crippen LogP) is 2.24. The summed E-state index contributed by atoms with van der Waals surface area (Å²) < 4.78 is 20.4. The van der Waals surface area contributed by atoms with Gasteiger partial charge in [0.25, 0.3) is 0 Å². The molecule has 1 rings (SSSR count). The lowest BCUT2D eigenvalue weighted by molar-refractivity contribution is 0.415. The summed E-state index contributed by atoms with van der Waals surface area (Å²) in [6.45, 7) is 6.61. The molecule has 0 atom stereocenters. The van der Waals surface area contributed by atoms with E-state index in [9.17, 15) is 0 Å². The van der Waals surface area contributed by atoms with E-state index in [1.807, 2.05) is 12.1 Å². The van der Waals surface area contributed by atoms with Crippen LogP contribution < -0.4 is 9.92 Å². The fourth-order valence-electron chi connectivity index (χ4n) is 0.921. The molecule has 1 aromatic carbocycles. The molecule has 0 spiro atoms. The summed E-state index contributed by atoms with van der Waals surface area (Å²) in [4.78, 5) is 0. The van der Waals surface area contributed by atoms with Crippen LogP contribution in [0, 0.1) is 0 Å². The lowest BCUT2D eigenvalue weighted by Gasteiger charge is -2.16. The van der Waals surface area contributed by atoms with Gasteiger partial charge in [-0.05, 0) is 12.1 Å². The highest BCUT2D eigenvalue weighted by Crippen LogP contribution is 2.09. The van der Waals surface area contributed by atoms with E-state index < -0.39 is 8.07 Å². The smallest absolute Gasteiger partial charge is 0.118 e. The zero-order valence-electron chi connectivity index (χ0n) is 10.1. The van der Waals surface area contributed by atoms with Gasteiger partial charge >= 0.3 is 0 Å². The van der Waals surface area contributed by atoms with E-state index in [0.717, 1.165) is 5.19 Å². The van der Waals surface area contributed by atoms with Crippen LogP contribution in [0.4, 0.5) is 0 Å². The van der Waals surface area contributed by atoms with Crippen molar-refractivity contribution in [2.45, 2.75) is 19.6 Å². The molecule has 1 nitrogen and oxygen atoms in total. The van der Waals surface area contributed by atoms with Crippen LogP contribution in [0.3, 0.4) is 0 Å². The van der Waals surface area contributed by atoms with Gasteiger partial charge in [-0.3, -0.25) is 0 Å². The van der Waals surface area contributed by atoms with E-state index in [1.165, 1.54) is 7.11 Å². The Kier molecular flexibility index (Phi) is 1.86. The molecular formula is C10H16OSi. The SMILES string of the molecule is [2H]c1cc([Si](C)(C)C)cc([2H])c1OC.